The van der Waals surface area contributed by atoms with Crippen molar-refractivity contribution in [3.63, 3.8) is 0 Å². The fourth-order valence-corrected chi connectivity index (χ4v) is 12.9. The molecule has 3 aliphatic rings. The molecule has 0 saturated heterocycles. The molecule has 3 aliphatic carbocycles. The van der Waals surface area contributed by atoms with Crippen molar-refractivity contribution in [3.8, 4) is 66.8 Å². The first-order valence-electron chi connectivity index (χ1n) is 25.2. The van der Waals surface area contributed by atoms with Gasteiger partial charge in [-0.25, -0.2) is 0 Å². The molecule has 342 valence electrons. The number of benzene rings is 10. The Morgan fingerprint density at radius 2 is 0.875 bits per heavy atom. The Morgan fingerprint density at radius 1 is 0.389 bits per heavy atom. The van der Waals surface area contributed by atoms with Crippen LogP contribution in [0.15, 0.2) is 267 Å². The van der Waals surface area contributed by atoms with Crippen molar-refractivity contribution in [1.29, 1.82) is 0 Å². The molecule has 72 heavy (non-hydrogen) atoms. The normalized spacial score (nSPS) is 15.5. The standard InChI is InChI=1S/C71H53N/c1-5-23-63-52(6-2)56-29-16-19-37-64(56)71(63)65-38-20-17-30-57(65)59-45-44-51(46-66(59)71)72(50-42-40-49(41-43-50)55-34-21-35-61-58-31-15-18-36-62(58)70(3,4)69(55)61)67-39-22-33-54(48-26-11-8-12-27-48)68(67)60-32-14-13-28-53(60)47-24-9-7-10-25-47/h5-46H,2H2,1,3-4H3/b23-5-. The van der Waals surface area contributed by atoms with Gasteiger partial charge in [-0.15, -0.1) is 0 Å². The molecular weight excluding hydrogens is 867 g/mol. The lowest BCUT2D eigenvalue weighted by atomic mass is 9.69. The Labute approximate surface area is 424 Å². The van der Waals surface area contributed by atoms with Crippen LogP contribution in [0, 0.1) is 0 Å². The van der Waals surface area contributed by atoms with Crippen LogP contribution in [0.3, 0.4) is 0 Å². The number of rotatable bonds is 9. The third-order valence-electron chi connectivity index (χ3n) is 15.8. The van der Waals surface area contributed by atoms with Crippen molar-refractivity contribution >= 4 is 22.6 Å². The van der Waals surface area contributed by atoms with E-state index in [0.717, 1.165) is 22.6 Å². The van der Waals surface area contributed by atoms with Crippen LogP contribution in [0.2, 0.25) is 0 Å². The first-order chi connectivity index (χ1) is 35.4. The zero-order chi connectivity index (χ0) is 48.6. The highest BCUT2D eigenvalue weighted by Gasteiger charge is 2.52. The van der Waals surface area contributed by atoms with Crippen molar-refractivity contribution in [1.82, 2.24) is 0 Å². The summed E-state index contributed by atoms with van der Waals surface area (Å²) in [7, 11) is 0. The molecule has 1 nitrogen and oxygen atoms in total. The molecular formula is C71H53N. The van der Waals surface area contributed by atoms with Gasteiger partial charge in [0.15, 0.2) is 0 Å². The number of hydrogen-bond acceptors (Lipinski definition) is 1. The third-order valence-corrected chi connectivity index (χ3v) is 15.8. The van der Waals surface area contributed by atoms with Crippen molar-refractivity contribution < 1.29 is 0 Å². The maximum atomic E-state index is 4.43. The summed E-state index contributed by atoms with van der Waals surface area (Å²) in [4.78, 5) is 2.52. The summed E-state index contributed by atoms with van der Waals surface area (Å²) in [5, 5.41) is 0. The summed E-state index contributed by atoms with van der Waals surface area (Å²) >= 11 is 0. The first-order valence-corrected chi connectivity index (χ1v) is 25.2. The fourth-order valence-electron chi connectivity index (χ4n) is 12.9. The summed E-state index contributed by atoms with van der Waals surface area (Å²) in [5.41, 5.74) is 27.5. The van der Waals surface area contributed by atoms with E-state index in [9.17, 15) is 0 Å². The van der Waals surface area contributed by atoms with Crippen LogP contribution in [0.5, 0.6) is 0 Å². The van der Waals surface area contributed by atoms with Crippen molar-refractivity contribution in [2.75, 3.05) is 4.90 Å². The van der Waals surface area contributed by atoms with E-state index < -0.39 is 5.41 Å². The van der Waals surface area contributed by atoms with Crippen LogP contribution in [0.4, 0.5) is 17.1 Å². The van der Waals surface area contributed by atoms with Crippen LogP contribution in [0.25, 0.3) is 72.3 Å². The Bertz CT molecular complexity index is 3850. The molecule has 0 radical (unpaired) electrons. The second-order valence-electron chi connectivity index (χ2n) is 19.9. The zero-order valence-electron chi connectivity index (χ0n) is 40.9. The van der Waals surface area contributed by atoms with Crippen molar-refractivity contribution in [3.05, 3.63) is 300 Å². The predicted molar refractivity (Wildman–Crippen MR) is 304 cm³/mol. The largest absolute Gasteiger partial charge is 0.310 e. The average Bonchev–Trinajstić information content (AvgIpc) is 3.99. The molecule has 0 saturated carbocycles. The molecule has 0 aromatic heterocycles. The minimum absolute atomic E-state index is 0.144. The molecule has 0 N–H and O–H groups in total. The lowest BCUT2D eigenvalue weighted by Gasteiger charge is -2.34. The highest BCUT2D eigenvalue weighted by atomic mass is 15.1. The molecule has 0 amide bonds. The molecule has 0 fully saturated rings. The van der Waals surface area contributed by atoms with E-state index >= 15 is 0 Å². The summed E-state index contributed by atoms with van der Waals surface area (Å²) in [5.74, 6) is 0. The summed E-state index contributed by atoms with van der Waals surface area (Å²) < 4.78 is 0. The highest BCUT2D eigenvalue weighted by Crippen LogP contribution is 2.63. The number of nitrogens with zero attached hydrogens (tertiary/aromatic N) is 1. The lowest BCUT2D eigenvalue weighted by molar-refractivity contribution is 0.662. The maximum Gasteiger partial charge on any atom is 0.0726 e. The summed E-state index contributed by atoms with van der Waals surface area (Å²) in [6.07, 6.45) is 6.58. The molecule has 1 spiro atoms. The van der Waals surface area contributed by atoms with Gasteiger partial charge < -0.3 is 4.90 Å². The monoisotopic (exact) mass is 919 g/mol. The van der Waals surface area contributed by atoms with E-state index in [1.165, 1.54) is 106 Å². The van der Waals surface area contributed by atoms with Gasteiger partial charge >= 0.3 is 0 Å². The fraction of sp³-hybridized carbons (Fsp3) is 0.0704. The Morgan fingerprint density at radius 3 is 1.56 bits per heavy atom. The Hall–Kier alpha value is -8.78. The number of allylic oxidation sites excluding steroid dienone is 5. The van der Waals surface area contributed by atoms with E-state index in [-0.39, 0.29) is 5.41 Å². The highest BCUT2D eigenvalue weighted by molar-refractivity contribution is 6.03. The Kier molecular flexibility index (Phi) is 10.2. The lowest BCUT2D eigenvalue weighted by Crippen LogP contribution is -2.27. The van der Waals surface area contributed by atoms with Gasteiger partial charge in [0.05, 0.1) is 11.1 Å². The smallest absolute Gasteiger partial charge is 0.0726 e. The number of anilines is 3. The van der Waals surface area contributed by atoms with Crippen molar-refractivity contribution in [2.24, 2.45) is 0 Å². The molecule has 1 heteroatoms. The second kappa shape index (κ2) is 17.0. The van der Waals surface area contributed by atoms with E-state index in [0.29, 0.717) is 0 Å². The second-order valence-corrected chi connectivity index (χ2v) is 19.9. The minimum Gasteiger partial charge on any atom is -0.310 e. The SMILES string of the molecule is C=CC1=C(/C=C\C)C2(c3ccccc31)c1ccccc1-c1ccc(N(c3ccc(-c4cccc5c4C(C)(C)c4ccccc4-5)cc3)c3cccc(-c4ccccc4)c3-c3ccccc3-c3ccccc3)cc12. The third kappa shape index (κ3) is 6.33. The zero-order valence-corrected chi connectivity index (χ0v) is 40.9. The molecule has 1 unspecified atom stereocenters. The maximum absolute atomic E-state index is 4.43. The molecule has 10 aromatic rings. The van der Waals surface area contributed by atoms with Gasteiger partial charge in [-0.2, -0.15) is 0 Å². The molecule has 0 bridgehead atoms. The summed E-state index contributed by atoms with van der Waals surface area (Å²) in [6, 6.07) is 87.9. The van der Waals surface area contributed by atoms with Gasteiger partial charge in [-0.05, 0) is 143 Å². The summed E-state index contributed by atoms with van der Waals surface area (Å²) in [6.45, 7) is 11.3. The van der Waals surface area contributed by atoms with Crippen LogP contribution in [0.1, 0.15) is 54.2 Å². The van der Waals surface area contributed by atoms with Gasteiger partial charge in [-0.3, -0.25) is 0 Å². The molecule has 10 aromatic carbocycles. The van der Waals surface area contributed by atoms with Crippen LogP contribution in [-0.4, -0.2) is 0 Å². The molecule has 0 heterocycles. The van der Waals surface area contributed by atoms with Gasteiger partial charge in [0.1, 0.15) is 0 Å². The molecule has 13 rings (SSSR count). The van der Waals surface area contributed by atoms with Crippen molar-refractivity contribution in [2.45, 2.75) is 31.6 Å². The minimum atomic E-state index is -0.559. The van der Waals surface area contributed by atoms with Crippen LogP contribution < -0.4 is 4.90 Å². The Balaban J connectivity index is 1.09. The molecule has 0 aliphatic heterocycles. The van der Waals surface area contributed by atoms with Gasteiger partial charge in [0.2, 0.25) is 0 Å². The molecule has 1 atom stereocenters. The average molecular weight is 920 g/mol. The van der Waals surface area contributed by atoms with E-state index in [1.54, 1.807) is 0 Å². The quantitative estimate of drug-likeness (QED) is 0.139. The van der Waals surface area contributed by atoms with E-state index in [2.05, 4.69) is 287 Å². The predicted octanol–water partition coefficient (Wildman–Crippen LogP) is 19.0. The van der Waals surface area contributed by atoms with E-state index in [4.69, 9.17) is 0 Å². The van der Waals surface area contributed by atoms with Gasteiger partial charge in [0.25, 0.3) is 0 Å². The first kappa shape index (κ1) is 43.3. The number of fused-ring (bicyclic) bond motifs is 10. The van der Waals surface area contributed by atoms with Crippen LogP contribution in [-0.2, 0) is 10.8 Å². The topological polar surface area (TPSA) is 3.24 Å². The number of hydrogen-bond donors (Lipinski definition) is 0. The van der Waals surface area contributed by atoms with E-state index in [1.807, 2.05) is 0 Å². The van der Waals surface area contributed by atoms with Crippen LogP contribution >= 0.6 is 0 Å². The van der Waals surface area contributed by atoms with Gasteiger partial charge in [0, 0.05) is 22.4 Å². The van der Waals surface area contributed by atoms with Gasteiger partial charge in [-0.1, -0.05) is 245 Å².